The monoisotopic (exact) mass is 260 g/mol. The minimum absolute atomic E-state index is 0.261. The van der Waals surface area contributed by atoms with E-state index in [9.17, 15) is 9.59 Å². The van der Waals surface area contributed by atoms with Crippen LogP contribution in [0.15, 0.2) is 0 Å². The Balaban J connectivity index is 2.56. The molecule has 17 heavy (non-hydrogen) atoms. The Morgan fingerprint density at radius 3 is 2.71 bits per heavy atom. The number of hydrogen-bond donors (Lipinski definition) is 3. The van der Waals surface area contributed by atoms with E-state index in [1.807, 2.05) is 10.2 Å². The lowest BCUT2D eigenvalue weighted by Crippen LogP contribution is -2.55. The third kappa shape index (κ3) is 3.91. The van der Waals surface area contributed by atoms with Crippen LogP contribution in [0.5, 0.6) is 0 Å². The molecule has 1 heterocycles. The van der Waals surface area contributed by atoms with Crippen LogP contribution in [0, 0.1) is 0 Å². The van der Waals surface area contributed by atoms with Crippen molar-refractivity contribution in [2.75, 3.05) is 19.7 Å². The highest BCUT2D eigenvalue weighted by Gasteiger charge is 2.29. The molecule has 7 nitrogen and oxygen atoms in total. The van der Waals surface area contributed by atoms with Gasteiger partial charge >= 0.3 is 6.03 Å². The molecule has 96 valence electrons. The van der Waals surface area contributed by atoms with E-state index in [4.69, 9.17) is 28.4 Å². The van der Waals surface area contributed by atoms with Crippen molar-refractivity contribution in [3.05, 3.63) is 0 Å². The molecule has 1 aliphatic rings. The third-order valence-corrected chi connectivity index (χ3v) is 2.85. The average molecular weight is 260 g/mol. The number of nitrogens with two attached hydrogens (primary N) is 2. The second-order valence-corrected chi connectivity index (χ2v) is 4.26. The summed E-state index contributed by atoms with van der Waals surface area (Å²) in [7, 11) is 0. The summed E-state index contributed by atoms with van der Waals surface area (Å²) in [6.07, 6.45) is -0.359. The van der Waals surface area contributed by atoms with Crippen molar-refractivity contribution >= 4 is 29.1 Å². The van der Waals surface area contributed by atoms with Gasteiger partial charge in [0.1, 0.15) is 11.1 Å². The van der Waals surface area contributed by atoms with E-state index < -0.39 is 18.0 Å². The maximum atomic E-state index is 11.6. The van der Waals surface area contributed by atoms with Crippen LogP contribution in [-0.2, 0) is 9.53 Å². The summed E-state index contributed by atoms with van der Waals surface area (Å²) in [6, 6.07) is -1.34. The third-order valence-electron chi connectivity index (χ3n) is 2.59. The molecule has 1 aliphatic heterocycles. The molecule has 1 saturated heterocycles. The summed E-state index contributed by atoms with van der Waals surface area (Å²) in [6.45, 7) is 3.13. The number of ether oxygens (including phenoxy) is 1. The van der Waals surface area contributed by atoms with Crippen molar-refractivity contribution in [3.8, 4) is 0 Å². The molecule has 0 aromatic carbocycles. The number of nitrogens with zero attached hydrogens (tertiary/aromatic N) is 1. The molecule has 1 rings (SSSR count). The van der Waals surface area contributed by atoms with E-state index in [0.29, 0.717) is 19.7 Å². The topological polar surface area (TPSA) is 111 Å². The molecule has 5 N–H and O–H groups in total. The summed E-state index contributed by atoms with van der Waals surface area (Å²) in [5.41, 5.74) is 10.4. The summed E-state index contributed by atoms with van der Waals surface area (Å²) >= 11 is 4.84. The first kappa shape index (κ1) is 13.8. The molecular weight excluding hydrogens is 244 g/mol. The fraction of sp³-hybridized carbons (Fsp3) is 0.667. The highest BCUT2D eigenvalue weighted by Crippen LogP contribution is 2.09. The van der Waals surface area contributed by atoms with Crippen molar-refractivity contribution in [1.29, 1.82) is 0 Å². The normalized spacial score (nSPS) is 22.8. The van der Waals surface area contributed by atoms with Gasteiger partial charge in [0.05, 0.1) is 12.6 Å². The minimum atomic E-state index is -0.860. The van der Waals surface area contributed by atoms with Crippen molar-refractivity contribution in [1.82, 2.24) is 10.2 Å². The van der Waals surface area contributed by atoms with Gasteiger partial charge in [0.15, 0.2) is 0 Å². The summed E-state index contributed by atoms with van der Waals surface area (Å²) < 4.78 is 5.35. The lowest BCUT2D eigenvalue weighted by Gasteiger charge is -2.35. The number of imide groups is 1. The Morgan fingerprint density at radius 1 is 1.53 bits per heavy atom. The second-order valence-electron chi connectivity index (χ2n) is 3.79. The molecule has 0 bridgehead atoms. The predicted molar refractivity (Wildman–Crippen MR) is 65.3 cm³/mol. The fourth-order valence-corrected chi connectivity index (χ4v) is 1.73. The number of primary amides is 1. The molecule has 0 radical (unpaired) electrons. The highest BCUT2D eigenvalue weighted by atomic mass is 32.1. The number of morpholine rings is 1. The van der Waals surface area contributed by atoms with Crippen LogP contribution in [-0.4, -0.2) is 53.7 Å². The van der Waals surface area contributed by atoms with E-state index in [0.717, 1.165) is 0 Å². The number of rotatable bonds is 3. The van der Waals surface area contributed by atoms with E-state index in [-0.39, 0.29) is 11.1 Å². The van der Waals surface area contributed by atoms with Gasteiger partial charge in [-0.2, -0.15) is 0 Å². The Labute approximate surface area is 104 Å². The van der Waals surface area contributed by atoms with E-state index in [2.05, 4.69) is 0 Å². The van der Waals surface area contributed by atoms with Gasteiger partial charge in [-0.05, 0) is 6.92 Å². The zero-order chi connectivity index (χ0) is 13.0. The Morgan fingerprint density at radius 2 is 2.18 bits per heavy atom. The largest absolute Gasteiger partial charge is 0.391 e. The van der Waals surface area contributed by atoms with Crippen LogP contribution < -0.4 is 16.8 Å². The van der Waals surface area contributed by atoms with E-state index in [1.54, 1.807) is 6.92 Å². The van der Waals surface area contributed by atoms with Crippen molar-refractivity contribution in [2.24, 2.45) is 11.5 Å². The van der Waals surface area contributed by atoms with Crippen molar-refractivity contribution in [3.63, 3.8) is 0 Å². The number of carbonyl (C=O) groups excluding carboxylic acids is 2. The smallest absolute Gasteiger partial charge is 0.318 e. The average Bonchev–Trinajstić information content (AvgIpc) is 2.27. The van der Waals surface area contributed by atoms with Gasteiger partial charge in [-0.15, -0.1) is 0 Å². The van der Waals surface area contributed by atoms with Gasteiger partial charge in [0.2, 0.25) is 5.91 Å². The first-order chi connectivity index (χ1) is 7.91. The molecule has 0 spiro atoms. The lowest BCUT2D eigenvalue weighted by molar-refractivity contribution is -0.126. The van der Waals surface area contributed by atoms with Gasteiger partial charge in [0, 0.05) is 13.1 Å². The number of thiocarbonyl (C=S) groups is 1. The van der Waals surface area contributed by atoms with Crippen LogP contribution >= 0.6 is 12.2 Å². The Kier molecular flexibility index (Phi) is 4.79. The molecule has 0 aliphatic carbocycles. The SMILES string of the molecule is CC(C(=O)NC(N)=O)N1CCOC(C(N)=S)C1. The molecule has 2 unspecified atom stereocenters. The van der Waals surface area contributed by atoms with E-state index >= 15 is 0 Å². The quantitative estimate of drug-likeness (QED) is 0.536. The zero-order valence-corrected chi connectivity index (χ0v) is 10.3. The van der Waals surface area contributed by atoms with Crippen molar-refractivity contribution < 1.29 is 14.3 Å². The van der Waals surface area contributed by atoms with Gasteiger partial charge in [-0.3, -0.25) is 15.0 Å². The molecular formula is C9H16N4O3S. The number of hydrogen-bond acceptors (Lipinski definition) is 5. The molecule has 3 amide bonds. The maximum absolute atomic E-state index is 11.6. The molecule has 1 fully saturated rings. The van der Waals surface area contributed by atoms with E-state index in [1.165, 1.54) is 0 Å². The van der Waals surface area contributed by atoms with Crippen LogP contribution in [0.25, 0.3) is 0 Å². The van der Waals surface area contributed by atoms with Gasteiger partial charge in [-0.25, -0.2) is 4.79 Å². The number of amides is 3. The van der Waals surface area contributed by atoms with Gasteiger partial charge in [-0.1, -0.05) is 12.2 Å². The maximum Gasteiger partial charge on any atom is 0.318 e. The number of nitrogens with one attached hydrogen (secondary N) is 1. The van der Waals surface area contributed by atoms with Crippen LogP contribution in [0.1, 0.15) is 6.92 Å². The predicted octanol–water partition coefficient (Wildman–Crippen LogP) is -1.44. The van der Waals surface area contributed by atoms with Crippen LogP contribution in [0.2, 0.25) is 0 Å². The molecule has 2 atom stereocenters. The second kappa shape index (κ2) is 5.89. The fourth-order valence-electron chi connectivity index (χ4n) is 1.58. The van der Waals surface area contributed by atoms with Crippen LogP contribution in [0.3, 0.4) is 0 Å². The molecule has 0 saturated carbocycles. The number of urea groups is 1. The Bertz CT molecular complexity index is 336. The zero-order valence-electron chi connectivity index (χ0n) is 9.51. The number of carbonyl (C=O) groups is 2. The van der Waals surface area contributed by atoms with Gasteiger partial charge in [0.25, 0.3) is 0 Å². The summed E-state index contributed by atoms with van der Waals surface area (Å²) in [4.78, 5) is 24.2. The summed E-state index contributed by atoms with van der Waals surface area (Å²) in [5.74, 6) is -0.443. The lowest BCUT2D eigenvalue weighted by atomic mass is 10.2. The highest BCUT2D eigenvalue weighted by molar-refractivity contribution is 7.80. The first-order valence-corrected chi connectivity index (χ1v) is 5.58. The Hall–Kier alpha value is -1.25. The first-order valence-electron chi connectivity index (χ1n) is 5.17. The molecule has 0 aromatic rings. The molecule has 8 heteroatoms. The van der Waals surface area contributed by atoms with Gasteiger partial charge < -0.3 is 16.2 Å². The van der Waals surface area contributed by atoms with Crippen LogP contribution in [0.4, 0.5) is 4.79 Å². The van der Waals surface area contributed by atoms with Crippen molar-refractivity contribution in [2.45, 2.75) is 19.1 Å². The summed E-state index contributed by atoms with van der Waals surface area (Å²) in [5, 5.41) is 2.04. The minimum Gasteiger partial charge on any atom is -0.391 e. The molecule has 0 aromatic heterocycles. The standard InChI is InChI=1S/C9H16N4O3S/c1-5(8(14)12-9(11)15)13-2-3-16-6(4-13)7(10)17/h5-6H,2-4H2,1H3,(H2,10,17)(H3,11,12,14,15).